The van der Waals surface area contributed by atoms with Crippen LogP contribution < -0.4 is 37.2 Å². The van der Waals surface area contributed by atoms with E-state index in [1.807, 2.05) is 0 Å². The Morgan fingerprint density at radius 2 is 0.868 bits per heavy atom. The Kier molecular flexibility index (Phi) is 10.7. The van der Waals surface area contributed by atoms with Gasteiger partial charge in [-0.1, -0.05) is 0 Å². The van der Waals surface area contributed by atoms with Gasteiger partial charge in [0.15, 0.2) is 0 Å². The third-order valence-electron chi connectivity index (χ3n) is 7.39. The summed E-state index contributed by atoms with van der Waals surface area (Å²) in [5, 5.41) is 0. The monoisotopic (exact) mass is 594 g/mol. The van der Waals surface area contributed by atoms with Crippen molar-refractivity contribution in [1.29, 1.82) is 0 Å². The fourth-order valence-corrected chi connectivity index (χ4v) is 7.22. The Morgan fingerprint density at radius 1 is 0.526 bits per heavy atom. The number of hydrogen-bond acceptors (Lipinski definition) is 0. The average molecular weight is 596 g/mol. The minimum Gasteiger partial charge on any atom is -1.00 e. The number of rotatable bonds is 4. The van der Waals surface area contributed by atoms with Crippen molar-refractivity contribution in [2.75, 3.05) is 0 Å². The standard InChI is InChI=1S/C34H33.3ClH.Ti/c1-22-13-23(2)17-29(16-22)34(30-18-24(3)14-25(4)19-30,31-20-26(5)15-27(6)21-31)33-12-11-28-9-7-8-10-32(28)33;;;;/h7-11,13-21,33H,1-6H3;3*1H;/q;;;;+3/p-3. The van der Waals surface area contributed by atoms with Gasteiger partial charge in [0, 0.05) is 0 Å². The molecule has 0 fully saturated rings. The molecule has 1 aliphatic carbocycles. The van der Waals surface area contributed by atoms with Gasteiger partial charge < -0.3 is 37.2 Å². The van der Waals surface area contributed by atoms with Gasteiger partial charge in [0.2, 0.25) is 0 Å². The third-order valence-corrected chi connectivity index (χ3v) is 8.07. The number of aryl methyl sites for hydroxylation is 6. The van der Waals surface area contributed by atoms with Gasteiger partial charge in [0.25, 0.3) is 0 Å². The first kappa shape index (κ1) is 32.4. The molecule has 0 bridgehead atoms. The van der Waals surface area contributed by atoms with E-state index in [1.165, 1.54) is 65.1 Å². The van der Waals surface area contributed by atoms with E-state index in [2.05, 4.69) is 147 Å². The molecule has 194 valence electrons. The molecule has 0 aromatic heterocycles. The van der Waals surface area contributed by atoms with Crippen molar-refractivity contribution in [2.45, 2.75) is 52.9 Å². The van der Waals surface area contributed by atoms with Crippen LogP contribution in [0.15, 0.2) is 82.7 Å². The molecule has 0 radical (unpaired) electrons. The van der Waals surface area contributed by atoms with Gasteiger partial charge in [0.05, 0.1) is 0 Å². The van der Waals surface area contributed by atoms with Crippen LogP contribution in [0.5, 0.6) is 0 Å². The molecule has 5 rings (SSSR count). The molecule has 1 unspecified atom stereocenters. The minimum atomic E-state index is -0.350. The number of allylic oxidation sites excluding steroid dienone is 1. The third kappa shape index (κ3) is 5.72. The zero-order valence-electron chi connectivity index (χ0n) is 22.8. The Balaban J connectivity index is 0.00000169. The second kappa shape index (κ2) is 12.6. The summed E-state index contributed by atoms with van der Waals surface area (Å²) in [4.78, 5) is 0. The van der Waals surface area contributed by atoms with Crippen LogP contribution >= 0.6 is 0 Å². The van der Waals surface area contributed by atoms with E-state index < -0.39 is 0 Å². The summed E-state index contributed by atoms with van der Waals surface area (Å²) in [6.45, 7) is 13.4. The first-order valence-corrected chi connectivity index (χ1v) is 13.2. The molecule has 0 nitrogen and oxygen atoms in total. The van der Waals surface area contributed by atoms with Crippen LogP contribution in [0.4, 0.5) is 0 Å². The van der Waals surface area contributed by atoms with Gasteiger partial charge >= 0.3 is 223 Å². The summed E-state index contributed by atoms with van der Waals surface area (Å²) in [5.41, 5.74) is 14.4. The van der Waals surface area contributed by atoms with Crippen LogP contribution in [-0.2, 0) is 25.9 Å². The van der Waals surface area contributed by atoms with Crippen LogP contribution in [0.3, 0.4) is 0 Å². The number of hydrogen-bond donors (Lipinski definition) is 0. The Morgan fingerprint density at radius 3 is 1.24 bits per heavy atom. The summed E-state index contributed by atoms with van der Waals surface area (Å²) in [6, 6.07) is 30.4. The zero-order chi connectivity index (χ0) is 24.9. The van der Waals surface area contributed by atoms with Crippen molar-refractivity contribution < 1.29 is 57.7 Å². The van der Waals surface area contributed by atoms with Gasteiger partial charge in [-0.05, 0) is 0 Å². The summed E-state index contributed by atoms with van der Waals surface area (Å²) < 4.78 is 1.42. The van der Waals surface area contributed by atoms with E-state index in [9.17, 15) is 0 Å². The topological polar surface area (TPSA) is 0 Å². The molecule has 4 aromatic rings. The molecular formula is C34H33Cl3Ti. The summed E-state index contributed by atoms with van der Waals surface area (Å²) in [7, 11) is 0. The van der Waals surface area contributed by atoms with Crippen molar-refractivity contribution in [2.24, 2.45) is 0 Å². The van der Waals surface area contributed by atoms with Crippen LogP contribution in [-0.4, -0.2) is 0 Å². The van der Waals surface area contributed by atoms with E-state index in [4.69, 9.17) is 0 Å². The average Bonchev–Trinajstić information content (AvgIpc) is 3.09. The van der Waals surface area contributed by atoms with E-state index >= 15 is 0 Å². The van der Waals surface area contributed by atoms with Crippen molar-refractivity contribution in [3.05, 3.63) is 144 Å². The molecule has 0 N–H and O–H groups in total. The molecule has 38 heavy (non-hydrogen) atoms. The van der Waals surface area contributed by atoms with Crippen molar-refractivity contribution in [1.82, 2.24) is 0 Å². The van der Waals surface area contributed by atoms with Crippen molar-refractivity contribution in [3.8, 4) is 0 Å². The molecule has 1 atom stereocenters. The molecule has 0 spiro atoms. The maximum absolute atomic E-state index is 2.43. The quantitative estimate of drug-likeness (QED) is 0.222. The van der Waals surface area contributed by atoms with Crippen LogP contribution in [0.1, 0.15) is 67.1 Å². The maximum Gasteiger partial charge on any atom is -1.00 e. The van der Waals surface area contributed by atoms with Gasteiger partial charge in [-0.15, -0.1) is 0 Å². The smallest absolute Gasteiger partial charge is 1.00 e. The number of halogens is 3. The zero-order valence-corrected chi connectivity index (χ0v) is 26.6. The van der Waals surface area contributed by atoms with Crippen LogP contribution in [0.2, 0.25) is 0 Å². The number of fused-ring (bicyclic) bond motifs is 1. The Labute approximate surface area is 259 Å². The van der Waals surface area contributed by atoms with Crippen molar-refractivity contribution >= 4 is 6.08 Å². The van der Waals surface area contributed by atoms with Gasteiger partial charge in [0.1, 0.15) is 0 Å². The molecule has 4 heteroatoms. The first-order chi connectivity index (χ1) is 16.7. The molecule has 0 heterocycles. The molecular weight excluding hydrogens is 563 g/mol. The Bertz CT molecular complexity index is 1300. The SMILES string of the molecule is Cc1cc(C)cc(C(c2cc(C)cc(C)c2)(c2cc(C)cc(C)c2)C2[C]([Ti+3])=Cc3ccccc32)c1.[Cl-].[Cl-].[Cl-]. The minimum absolute atomic E-state index is 0. The first-order valence-electron chi connectivity index (χ1n) is 12.5. The predicted octanol–water partition coefficient (Wildman–Crippen LogP) is -0.431. The van der Waals surface area contributed by atoms with Gasteiger partial charge in [-0.2, -0.15) is 0 Å². The molecule has 0 aliphatic heterocycles. The van der Waals surface area contributed by atoms with E-state index in [-0.39, 0.29) is 48.6 Å². The molecule has 1 aliphatic rings. The van der Waals surface area contributed by atoms with E-state index in [0.29, 0.717) is 0 Å². The molecule has 0 amide bonds. The fourth-order valence-electron chi connectivity index (χ4n) is 6.40. The maximum atomic E-state index is 2.43. The summed E-state index contributed by atoms with van der Waals surface area (Å²) in [6.07, 6.45) is 2.41. The molecule has 0 saturated heterocycles. The second-order valence-corrected chi connectivity index (χ2v) is 11.5. The van der Waals surface area contributed by atoms with Crippen molar-refractivity contribution in [3.63, 3.8) is 0 Å². The number of benzene rings is 4. The summed E-state index contributed by atoms with van der Waals surface area (Å²) in [5.74, 6) is 0.210. The van der Waals surface area contributed by atoms with Crippen LogP contribution in [0, 0.1) is 41.5 Å². The predicted molar refractivity (Wildman–Crippen MR) is 145 cm³/mol. The van der Waals surface area contributed by atoms with Gasteiger partial charge in [-0.25, -0.2) is 0 Å². The molecule has 0 saturated carbocycles. The van der Waals surface area contributed by atoms with Crippen LogP contribution in [0.25, 0.3) is 6.08 Å². The fraction of sp³-hybridized carbons (Fsp3) is 0.235. The summed E-state index contributed by atoms with van der Waals surface area (Å²) >= 11 is 2.33. The van der Waals surface area contributed by atoms with Gasteiger partial charge in [-0.3, -0.25) is 0 Å². The van der Waals surface area contributed by atoms with E-state index in [0.717, 1.165) is 0 Å². The largest absolute Gasteiger partial charge is 1.00 e. The molecule has 4 aromatic carbocycles. The van der Waals surface area contributed by atoms with E-state index in [1.54, 1.807) is 0 Å². The second-order valence-electron chi connectivity index (χ2n) is 10.6. The Hall–Kier alpha value is -1.80. The normalized spacial score (nSPS) is 14.0.